The van der Waals surface area contributed by atoms with E-state index in [0.717, 1.165) is 25.7 Å². The zero-order valence-corrected chi connectivity index (χ0v) is 16.6. The minimum atomic E-state index is -0.784. The average molecular weight is 385 g/mol. The number of aliphatic carboxylic acids is 1. The average Bonchev–Trinajstić information content (AvgIpc) is 2.63. The summed E-state index contributed by atoms with van der Waals surface area (Å²) in [6.07, 6.45) is 12.1. The molecule has 0 amide bonds. The third kappa shape index (κ3) is 10.1. The van der Waals surface area contributed by atoms with Crippen LogP contribution in [0.25, 0.3) is 0 Å². The molecule has 6 nitrogen and oxygen atoms in total. The molecule has 5 atom stereocenters. The van der Waals surface area contributed by atoms with Gasteiger partial charge in [0, 0.05) is 25.9 Å². The molecule has 1 aliphatic rings. The summed E-state index contributed by atoms with van der Waals surface area (Å²) in [4.78, 5) is 10.5. The van der Waals surface area contributed by atoms with Crippen molar-refractivity contribution in [1.82, 2.24) is 0 Å². The van der Waals surface area contributed by atoms with Crippen LogP contribution in [-0.4, -0.2) is 53.0 Å². The lowest BCUT2D eigenvalue weighted by atomic mass is 9.87. The number of carbonyl (C=O) groups is 1. The molecule has 0 aromatic rings. The second-order valence-corrected chi connectivity index (χ2v) is 7.17. The standard InChI is InChI=1S/C21H36O6/c1-3-4-7-10-16(22)13-14-19-17(18(23)15-21(26-2)27-19)11-8-5-6-9-12-20(24)25/h5,8,13-14,16-19,21-23H,3-4,6-7,9-12,15H2,1-2H3,(H,24,25)/b8-5-,14-13+/t16-,17-,18-,19+,21-/m0/s1. The minimum absolute atomic E-state index is 0.119. The molecule has 1 saturated heterocycles. The fourth-order valence-electron chi connectivity index (χ4n) is 3.23. The Morgan fingerprint density at radius 3 is 2.74 bits per heavy atom. The van der Waals surface area contributed by atoms with Crippen LogP contribution in [0.1, 0.15) is 64.7 Å². The third-order valence-corrected chi connectivity index (χ3v) is 4.88. The van der Waals surface area contributed by atoms with Gasteiger partial charge in [0.15, 0.2) is 6.29 Å². The van der Waals surface area contributed by atoms with Gasteiger partial charge in [0.1, 0.15) is 0 Å². The van der Waals surface area contributed by atoms with Crippen molar-refractivity contribution in [3.8, 4) is 0 Å². The van der Waals surface area contributed by atoms with Crippen LogP contribution in [0.5, 0.6) is 0 Å². The highest BCUT2D eigenvalue weighted by Crippen LogP contribution is 2.30. The maximum absolute atomic E-state index is 10.5. The van der Waals surface area contributed by atoms with Gasteiger partial charge in [-0.05, 0) is 25.7 Å². The summed E-state index contributed by atoms with van der Waals surface area (Å²) < 4.78 is 11.2. The van der Waals surface area contributed by atoms with Gasteiger partial charge in [-0.1, -0.05) is 50.5 Å². The molecule has 0 radical (unpaired) electrons. The normalized spacial score (nSPS) is 27.4. The highest BCUT2D eigenvalue weighted by Gasteiger charge is 2.35. The van der Waals surface area contributed by atoms with Crippen LogP contribution >= 0.6 is 0 Å². The molecule has 0 bridgehead atoms. The van der Waals surface area contributed by atoms with Crippen molar-refractivity contribution in [2.45, 2.75) is 89.3 Å². The Balaban J connectivity index is 2.58. The molecule has 1 fully saturated rings. The molecule has 0 aromatic carbocycles. The molecule has 0 aliphatic carbocycles. The highest BCUT2D eigenvalue weighted by molar-refractivity contribution is 5.66. The van der Waals surface area contributed by atoms with Crippen molar-refractivity contribution in [2.24, 2.45) is 5.92 Å². The summed E-state index contributed by atoms with van der Waals surface area (Å²) in [6.45, 7) is 2.13. The van der Waals surface area contributed by atoms with Gasteiger partial charge in [-0.3, -0.25) is 4.79 Å². The zero-order chi connectivity index (χ0) is 20.1. The number of aliphatic hydroxyl groups is 2. The number of allylic oxidation sites excluding steroid dienone is 2. The number of carboxylic acids is 1. The number of aliphatic hydroxyl groups excluding tert-OH is 2. The number of methoxy groups -OCH3 is 1. The van der Waals surface area contributed by atoms with Gasteiger partial charge in [0.25, 0.3) is 0 Å². The first-order valence-electron chi connectivity index (χ1n) is 10.1. The van der Waals surface area contributed by atoms with E-state index in [4.69, 9.17) is 14.6 Å². The topological polar surface area (TPSA) is 96.2 Å². The van der Waals surface area contributed by atoms with Crippen LogP contribution in [0.2, 0.25) is 0 Å². The number of unbranched alkanes of at least 4 members (excludes halogenated alkanes) is 3. The van der Waals surface area contributed by atoms with Gasteiger partial charge < -0.3 is 24.8 Å². The Hall–Kier alpha value is -1.21. The fraction of sp³-hybridized carbons (Fsp3) is 0.762. The van der Waals surface area contributed by atoms with Gasteiger partial charge in [-0.25, -0.2) is 0 Å². The summed E-state index contributed by atoms with van der Waals surface area (Å²) in [7, 11) is 1.56. The van der Waals surface area contributed by atoms with Crippen LogP contribution in [-0.2, 0) is 14.3 Å². The summed E-state index contributed by atoms with van der Waals surface area (Å²) in [5.74, 6) is -0.904. The first-order valence-corrected chi connectivity index (χ1v) is 10.1. The van der Waals surface area contributed by atoms with Crippen LogP contribution in [0.3, 0.4) is 0 Å². The molecule has 0 unspecified atom stereocenters. The molecule has 6 heteroatoms. The lowest BCUT2D eigenvalue weighted by Crippen LogP contribution is -2.44. The molecule has 1 heterocycles. The van der Waals surface area contributed by atoms with Crippen LogP contribution < -0.4 is 0 Å². The quantitative estimate of drug-likeness (QED) is 0.333. The maximum atomic E-state index is 10.5. The summed E-state index contributed by atoms with van der Waals surface area (Å²) in [5.41, 5.74) is 0. The SMILES string of the molecule is CCCCC[C@H](O)/C=C/[C@H]1O[C@H](OC)C[C@H](O)[C@@H]1C/C=C\CCCC(=O)O. The maximum Gasteiger partial charge on any atom is 0.303 e. The van der Waals surface area contributed by atoms with Crippen molar-refractivity contribution in [3.63, 3.8) is 0 Å². The van der Waals surface area contributed by atoms with E-state index in [1.807, 2.05) is 18.2 Å². The van der Waals surface area contributed by atoms with E-state index >= 15 is 0 Å². The Labute approximate surface area is 162 Å². The largest absolute Gasteiger partial charge is 0.481 e. The van der Waals surface area contributed by atoms with Crippen molar-refractivity contribution < 1.29 is 29.6 Å². The van der Waals surface area contributed by atoms with Gasteiger partial charge in [-0.2, -0.15) is 0 Å². The molecular weight excluding hydrogens is 348 g/mol. The monoisotopic (exact) mass is 384 g/mol. The Morgan fingerprint density at radius 2 is 2.07 bits per heavy atom. The second-order valence-electron chi connectivity index (χ2n) is 7.17. The highest BCUT2D eigenvalue weighted by atomic mass is 16.7. The van der Waals surface area contributed by atoms with E-state index in [1.165, 1.54) is 0 Å². The Morgan fingerprint density at radius 1 is 1.30 bits per heavy atom. The third-order valence-electron chi connectivity index (χ3n) is 4.88. The first-order chi connectivity index (χ1) is 13.0. The number of rotatable bonds is 13. The van der Waals surface area contributed by atoms with Crippen LogP contribution in [0.4, 0.5) is 0 Å². The molecule has 27 heavy (non-hydrogen) atoms. The van der Waals surface area contributed by atoms with Crippen molar-refractivity contribution in [3.05, 3.63) is 24.3 Å². The molecule has 1 rings (SSSR count). The predicted octanol–water partition coefficient (Wildman–Crippen LogP) is 3.42. The van der Waals surface area contributed by atoms with Gasteiger partial charge in [0.05, 0.1) is 18.3 Å². The van der Waals surface area contributed by atoms with Crippen LogP contribution in [0.15, 0.2) is 24.3 Å². The van der Waals surface area contributed by atoms with Crippen LogP contribution in [0, 0.1) is 5.92 Å². The summed E-state index contributed by atoms with van der Waals surface area (Å²) >= 11 is 0. The molecule has 156 valence electrons. The van der Waals surface area contributed by atoms with E-state index < -0.39 is 24.5 Å². The minimum Gasteiger partial charge on any atom is -0.481 e. The number of hydrogen-bond acceptors (Lipinski definition) is 5. The number of carboxylic acid groups (broad SMARTS) is 1. The lowest BCUT2D eigenvalue weighted by molar-refractivity contribution is -0.212. The molecular formula is C21H36O6. The molecule has 0 spiro atoms. The van der Waals surface area contributed by atoms with E-state index in [-0.39, 0.29) is 18.4 Å². The Bertz CT molecular complexity index is 462. The van der Waals surface area contributed by atoms with Crippen molar-refractivity contribution in [1.29, 1.82) is 0 Å². The fourth-order valence-corrected chi connectivity index (χ4v) is 3.23. The van der Waals surface area contributed by atoms with Gasteiger partial charge in [-0.15, -0.1) is 0 Å². The summed E-state index contributed by atoms with van der Waals surface area (Å²) in [5, 5.41) is 29.2. The van der Waals surface area contributed by atoms with Gasteiger partial charge in [0.2, 0.25) is 0 Å². The van der Waals surface area contributed by atoms with E-state index in [9.17, 15) is 15.0 Å². The van der Waals surface area contributed by atoms with Gasteiger partial charge >= 0.3 is 5.97 Å². The van der Waals surface area contributed by atoms with E-state index in [2.05, 4.69) is 6.92 Å². The van der Waals surface area contributed by atoms with E-state index in [1.54, 1.807) is 13.2 Å². The molecule has 0 saturated carbocycles. The second kappa shape index (κ2) is 13.9. The smallest absolute Gasteiger partial charge is 0.303 e. The first kappa shape index (κ1) is 23.8. The molecule has 1 aliphatic heterocycles. The number of ether oxygens (including phenoxy) is 2. The van der Waals surface area contributed by atoms with Crippen molar-refractivity contribution in [2.75, 3.05) is 7.11 Å². The predicted molar refractivity (Wildman–Crippen MR) is 104 cm³/mol. The van der Waals surface area contributed by atoms with Crippen molar-refractivity contribution >= 4 is 5.97 Å². The molecule has 0 aromatic heterocycles. The molecule has 3 N–H and O–H groups in total. The summed E-state index contributed by atoms with van der Waals surface area (Å²) in [6, 6.07) is 0. The lowest BCUT2D eigenvalue weighted by Gasteiger charge is -2.37. The number of hydrogen-bond donors (Lipinski definition) is 3. The Kier molecular flexibility index (Phi) is 12.3. The zero-order valence-electron chi connectivity index (χ0n) is 16.6. The van der Waals surface area contributed by atoms with E-state index in [0.29, 0.717) is 25.7 Å².